The summed E-state index contributed by atoms with van der Waals surface area (Å²) in [5, 5.41) is 9.95. The fourth-order valence-corrected chi connectivity index (χ4v) is 3.28. The minimum absolute atomic E-state index is 0.00494. The molecule has 1 aromatic rings. The van der Waals surface area contributed by atoms with Crippen LogP contribution in [0.5, 0.6) is 11.5 Å². The smallest absolute Gasteiger partial charge is 0.166 e. The Morgan fingerprint density at radius 3 is 2.00 bits per heavy atom. The molecule has 0 aliphatic heterocycles. The van der Waals surface area contributed by atoms with Gasteiger partial charge in [-0.25, -0.2) is 0 Å². The van der Waals surface area contributed by atoms with Gasteiger partial charge < -0.3 is 9.84 Å². The summed E-state index contributed by atoms with van der Waals surface area (Å²) >= 11 is 0. The number of carbonyl (C=O) groups is 1. The summed E-state index contributed by atoms with van der Waals surface area (Å²) < 4.78 is 5.79. The molecule has 0 unspecified atom stereocenters. The second-order valence-electron chi connectivity index (χ2n) is 7.59. The summed E-state index contributed by atoms with van der Waals surface area (Å²) in [4.78, 5) is 12.2. The van der Waals surface area contributed by atoms with Crippen LogP contribution in [0.3, 0.4) is 0 Å². The molecular weight excluding hydrogens is 336 g/mol. The Labute approximate surface area is 166 Å². The van der Waals surface area contributed by atoms with E-state index in [-0.39, 0.29) is 11.5 Å². The summed E-state index contributed by atoms with van der Waals surface area (Å²) in [7, 11) is 0. The molecule has 3 nitrogen and oxygen atoms in total. The van der Waals surface area contributed by atoms with Gasteiger partial charge in [-0.15, -0.1) is 0 Å². The molecule has 0 bridgehead atoms. The van der Waals surface area contributed by atoms with Crippen molar-refractivity contribution in [1.29, 1.82) is 0 Å². The van der Waals surface area contributed by atoms with E-state index in [1.165, 1.54) is 57.8 Å². The molecule has 1 rings (SSSR count). The minimum Gasteiger partial charge on any atom is -0.507 e. The second-order valence-corrected chi connectivity index (χ2v) is 7.59. The molecule has 0 aliphatic rings. The minimum atomic E-state index is 0.00494. The van der Waals surface area contributed by atoms with E-state index in [1.807, 2.05) is 0 Å². The molecule has 0 atom stereocenters. The van der Waals surface area contributed by atoms with Gasteiger partial charge in [-0.1, -0.05) is 84.5 Å². The number of hydrogen-bond donors (Lipinski definition) is 1. The maximum absolute atomic E-state index is 12.2. The van der Waals surface area contributed by atoms with Crippen LogP contribution < -0.4 is 4.74 Å². The number of benzene rings is 1. The Balaban J connectivity index is 2.18. The Morgan fingerprint density at radius 2 is 1.37 bits per heavy atom. The van der Waals surface area contributed by atoms with E-state index < -0.39 is 0 Å². The number of unbranched alkanes of at least 4 members (excludes halogenated alkanes) is 11. The zero-order chi connectivity index (χ0) is 19.7. The van der Waals surface area contributed by atoms with E-state index in [9.17, 15) is 9.90 Å². The van der Waals surface area contributed by atoms with Gasteiger partial charge in [0.25, 0.3) is 0 Å². The average Bonchev–Trinajstić information content (AvgIpc) is 2.67. The van der Waals surface area contributed by atoms with Gasteiger partial charge in [0.05, 0.1) is 12.2 Å². The van der Waals surface area contributed by atoms with Crippen molar-refractivity contribution in [2.45, 2.75) is 104 Å². The monoisotopic (exact) mass is 376 g/mol. The molecule has 3 heteroatoms. The number of ketones is 1. The molecule has 1 N–H and O–H groups in total. The topological polar surface area (TPSA) is 46.5 Å². The van der Waals surface area contributed by atoms with E-state index >= 15 is 0 Å². The van der Waals surface area contributed by atoms with Crippen molar-refractivity contribution in [1.82, 2.24) is 0 Å². The van der Waals surface area contributed by atoms with Crippen LogP contribution in [0.4, 0.5) is 0 Å². The Bertz CT molecular complexity index is 510. The van der Waals surface area contributed by atoms with Crippen LogP contribution >= 0.6 is 0 Å². The lowest BCUT2D eigenvalue weighted by Gasteiger charge is -2.09. The molecule has 0 fully saturated rings. The molecule has 0 saturated carbocycles. The fourth-order valence-electron chi connectivity index (χ4n) is 3.28. The number of ether oxygens (including phenoxy) is 1. The molecule has 1 aromatic carbocycles. The lowest BCUT2D eigenvalue weighted by Crippen LogP contribution is -2.02. The van der Waals surface area contributed by atoms with Crippen molar-refractivity contribution < 1.29 is 14.6 Å². The van der Waals surface area contributed by atoms with Crippen molar-refractivity contribution >= 4 is 5.78 Å². The van der Waals surface area contributed by atoms with Crippen molar-refractivity contribution in [3.63, 3.8) is 0 Å². The fraction of sp³-hybridized carbons (Fsp3) is 0.708. The highest BCUT2D eigenvalue weighted by Gasteiger charge is 2.12. The summed E-state index contributed by atoms with van der Waals surface area (Å²) in [6.45, 7) is 5.04. The number of phenolic OH excluding ortho intramolecular Hbond substituents is 1. The van der Waals surface area contributed by atoms with E-state index in [2.05, 4.69) is 13.8 Å². The molecule has 0 spiro atoms. The summed E-state index contributed by atoms with van der Waals surface area (Å²) in [6.07, 6.45) is 16.5. The first-order chi connectivity index (χ1) is 13.2. The van der Waals surface area contributed by atoms with E-state index in [0.717, 1.165) is 25.7 Å². The highest BCUT2D eigenvalue weighted by Crippen LogP contribution is 2.25. The first-order valence-electron chi connectivity index (χ1n) is 11.2. The van der Waals surface area contributed by atoms with E-state index in [1.54, 1.807) is 18.2 Å². The zero-order valence-corrected chi connectivity index (χ0v) is 17.6. The molecule has 27 heavy (non-hydrogen) atoms. The van der Waals surface area contributed by atoms with E-state index in [0.29, 0.717) is 24.3 Å². The van der Waals surface area contributed by atoms with Gasteiger partial charge in [0.15, 0.2) is 5.78 Å². The number of hydrogen-bond acceptors (Lipinski definition) is 3. The maximum Gasteiger partial charge on any atom is 0.166 e. The molecule has 0 amide bonds. The summed E-state index contributed by atoms with van der Waals surface area (Å²) in [5.74, 6) is 0.746. The van der Waals surface area contributed by atoms with Crippen LogP contribution in [0.25, 0.3) is 0 Å². The summed E-state index contributed by atoms with van der Waals surface area (Å²) in [5.41, 5.74) is 0.395. The largest absolute Gasteiger partial charge is 0.507 e. The number of aromatic hydroxyl groups is 1. The molecule has 154 valence electrons. The third-order valence-electron chi connectivity index (χ3n) is 5.04. The highest BCUT2D eigenvalue weighted by atomic mass is 16.5. The number of Topliss-reactive ketones (excluding diaryl/α,β-unsaturated/α-hetero) is 1. The van der Waals surface area contributed by atoms with Crippen molar-refractivity contribution in [3.05, 3.63) is 23.8 Å². The average molecular weight is 377 g/mol. The van der Waals surface area contributed by atoms with Crippen molar-refractivity contribution in [2.24, 2.45) is 0 Å². The van der Waals surface area contributed by atoms with Crippen LogP contribution in [0.15, 0.2) is 18.2 Å². The molecule has 0 radical (unpaired) electrons. The van der Waals surface area contributed by atoms with Crippen molar-refractivity contribution in [3.8, 4) is 11.5 Å². The lowest BCUT2D eigenvalue weighted by molar-refractivity contribution is 0.0976. The third-order valence-corrected chi connectivity index (χ3v) is 5.04. The Morgan fingerprint density at radius 1 is 0.815 bits per heavy atom. The molecule has 0 heterocycles. The predicted molar refractivity (Wildman–Crippen MR) is 114 cm³/mol. The molecule has 0 aliphatic carbocycles. The number of rotatable bonds is 17. The van der Waals surface area contributed by atoms with Crippen LogP contribution in [0.1, 0.15) is 114 Å². The van der Waals surface area contributed by atoms with Crippen LogP contribution in [0.2, 0.25) is 0 Å². The molecular formula is C24H40O3. The Kier molecular flexibility index (Phi) is 13.5. The van der Waals surface area contributed by atoms with Crippen LogP contribution in [0, 0.1) is 0 Å². The first-order valence-corrected chi connectivity index (χ1v) is 11.2. The van der Waals surface area contributed by atoms with E-state index in [4.69, 9.17) is 4.74 Å². The number of carbonyl (C=O) groups excluding carboxylic acids is 1. The Hall–Kier alpha value is -1.51. The third kappa shape index (κ3) is 11.0. The van der Waals surface area contributed by atoms with Crippen LogP contribution in [-0.4, -0.2) is 17.5 Å². The van der Waals surface area contributed by atoms with Gasteiger partial charge in [0.1, 0.15) is 11.5 Å². The van der Waals surface area contributed by atoms with Gasteiger partial charge in [0, 0.05) is 6.42 Å². The lowest BCUT2D eigenvalue weighted by atomic mass is 10.0. The van der Waals surface area contributed by atoms with Gasteiger partial charge in [-0.3, -0.25) is 4.79 Å². The van der Waals surface area contributed by atoms with Gasteiger partial charge in [-0.2, -0.15) is 0 Å². The van der Waals surface area contributed by atoms with Crippen LogP contribution in [-0.2, 0) is 0 Å². The number of phenols is 1. The maximum atomic E-state index is 12.2. The SMILES string of the molecule is CCCCCCCCCCCCOc1ccc(O)c(C(=O)CCCCC)c1. The zero-order valence-electron chi connectivity index (χ0n) is 17.6. The van der Waals surface area contributed by atoms with Gasteiger partial charge in [-0.05, 0) is 31.0 Å². The van der Waals surface area contributed by atoms with Gasteiger partial charge in [0.2, 0.25) is 0 Å². The molecule has 0 aromatic heterocycles. The molecule has 0 saturated heterocycles. The highest BCUT2D eigenvalue weighted by molar-refractivity contribution is 5.98. The first kappa shape index (κ1) is 23.5. The quantitative estimate of drug-likeness (QED) is 0.227. The predicted octanol–water partition coefficient (Wildman–Crippen LogP) is 7.45. The normalized spacial score (nSPS) is 10.9. The standard InChI is InChI=1S/C24H40O3/c1-3-5-7-8-9-10-11-12-13-15-19-27-21-17-18-24(26)22(20-21)23(25)16-14-6-4-2/h17-18,20,26H,3-16,19H2,1-2H3. The van der Waals surface area contributed by atoms with Gasteiger partial charge >= 0.3 is 0 Å². The second kappa shape index (κ2) is 15.5. The summed E-state index contributed by atoms with van der Waals surface area (Å²) in [6, 6.07) is 5.01. The van der Waals surface area contributed by atoms with Crippen molar-refractivity contribution in [2.75, 3.05) is 6.61 Å².